The van der Waals surface area contributed by atoms with Crippen molar-refractivity contribution in [2.24, 2.45) is 11.1 Å². The summed E-state index contributed by atoms with van der Waals surface area (Å²) in [5.41, 5.74) is 6.40. The van der Waals surface area contributed by atoms with Crippen molar-refractivity contribution in [3.8, 4) is 0 Å². The maximum absolute atomic E-state index is 6.14. The molecule has 0 aliphatic carbocycles. The Hall–Kier alpha value is -0.0800. The van der Waals surface area contributed by atoms with Gasteiger partial charge in [-0.05, 0) is 44.3 Å². The molecule has 1 aliphatic rings. The van der Waals surface area contributed by atoms with E-state index in [4.69, 9.17) is 5.73 Å². The van der Waals surface area contributed by atoms with Gasteiger partial charge in [-0.2, -0.15) is 0 Å². The minimum absolute atomic E-state index is 0.260. The smallest absolute Gasteiger partial charge is 0.00998 e. The first-order valence-corrected chi connectivity index (χ1v) is 5.98. The van der Waals surface area contributed by atoms with Gasteiger partial charge in [0, 0.05) is 6.04 Å². The van der Waals surface area contributed by atoms with Crippen molar-refractivity contribution < 1.29 is 0 Å². The summed E-state index contributed by atoms with van der Waals surface area (Å²) in [7, 11) is 0. The number of rotatable bonds is 3. The second-order valence-corrected chi connectivity index (χ2v) is 5.66. The van der Waals surface area contributed by atoms with Crippen LogP contribution in [0.4, 0.5) is 0 Å². The number of nitrogens with two attached hydrogens (primary N) is 1. The zero-order valence-corrected chi connectivity index (χ0v) is 10.1. The molecule has 0 saturated carbocycles. The average molecular weight is 198 g/mol. The van der Waals surface area contributed by atoms with Crippen molar-refractivity contribution >= 4 is 0 Å². The average Bonchev–Trinajstić information content (AvgIpc) is 2.14. The highest BCUT2D eigenvalue weighted by molar-refractivity contribution is 4.78. The standard InChI is InChI=1S/C12H26N2/c1-12(2,3)11(13)7-10-14-8-5-4-6-9-14/h11H,4-10,13H2,1-3H3. The van der Waals surface area contributed by atoms with Crippen LogP contribution in [0, 0.1) is 5.41 Å². The molecule has 1 heterocycles. The fraction of sp³-hybridized carbons (Fsp3) is 1.00. The lowest BCUT2D eigenvalue weighted by Crippen LogP contribution is -2.40. The van der Waals surface area contributed by atoms with Crippen LogP contribution in [0.2, 0.25) is 0 Å². The highest BCUT2D eigenvalue weighted by Gasteiger charge is 2.21. The van der Waals surface area contributed by atoms with Gasteiger partial charge in [-0.1, -0.05) is 27.2 Å². The van der Waals surface area contributed by atoms with E-state index in [1.807, 2.05) is 0 Å². The topological polar surface area (TPSA) is 29.3 Å². The van der Waals surface area contributed by atoms with E-state index < -0.39 is 0 Å². The Morgan fingerprint density at radius 3 is 2.21 bits per heavy atom. The molecule has 0 aromatic heterocycles. The molecule has 2 nitrogen and oxygen atoms in total. The van der Waals surface area contributed by atoms with E-state index in [1.54, 1.807) is 0 Å². The maximum atomic E-state index is 6.14. The SMILES string of the molecule is CC(C)(C)C(N)CCN1CCCCC1. The van der Waals surface area contributed by atoms with Crippen molar-refractivity contribution in [3.05, 3.63) is 0 Å². The summed E-state index contributed by atoms with van der Waals surface area (Å²) in [6, 6.07) is 0.337. The van der Waals surface area contributed by atoms with Gasteiger partial charge in [-0.15, -0.1) is 0 Å². The number of hydrogen-bond acceptors (Lipinski definition) is 2. The Morgan fingerprint density at radius 2 is 1.71 bits per heavy atom. The van der Waals surface area contributed by atoms with Crippen LogP contribution in [0.5, 0.6) is 0 Å². The molecule has 1 aliphatic heterocycles. The van der Waals surface area contributed by atoms with Crippen molar-refractivity contribution in [2.75, 3.05) is 19.6 Å². The largest absolute Gasteiger partial charge is 0.327 e. The molecule has 0 radical (unpaired) electrons. The second-order valence-electron chi connectivity index (χ2n) is 5.66. The Morgan fingerprint density at radius 1 is 1.14 bits per heavy atom. The lowest BCUT2D eigenvalue weighted by atomic mass is 9.85. The summed E-state index contributed by atoms with van der Waals surface area (Å²) >= 11 is 0. The van der Waals surface area contributed by atoms with E-state index in [0.29, 0.717) is 6.04 Å². The third kappa shape index (κ3) is 3.97. The molecule has 0 aromatic carbocycles. The number of likely N-dealkylation sites (tertiary alicyclic amines) is 1. The zero-order chi connectivity index (χ0) is 10.6. The highest BCUT2D eigenvalue weighted by Crippen LogP contribution is 2.20. The number of nitrogens with zero attached hydrogens (tertiary/aromatic N) is 1. The summed E-state index contributed by atoms with van der Waals surface area (Å²) in [4.78, 5) is 2.56. The van der Waals surface area contributed by atoms with Crippen LogP contribution in [0.3, 0.4) is 0 Å². The van der Waals surface area contributed by atoms with E-state index in [2.05, 4.69) is 25.7 Å². The molecule has 1 atom stereocenters. The third-order valence-electron chi connectivity index (χ3n) is 3.32. The van der Waals surface area contributed by atoms with Gasteiger partial charge in [0.15, 0.2) is 0 Å². The number of hydrogen-bond donors (Lipinski definition) is 1. The summed E-state index contributed by atoms with van der Waals surface area (Å²) in [6.07, 6.45) is 5.32. The van der Waals surface area contributed by atoms with E-state index >= 15 is 0 Å². The highest BCUT2D eigenvalue weighted by atomic mass is 15.1. The Labute approximate surface area is 88.8 Å². The van der Waals surface area contributed by atoms with Crippen LogP contribution < -0.4 is 5.73 Å². The van der Waals surface area contributed by atoms with E-state index in [0.717, 1.165) is 6.42 Å². The van der Waals surface area contributed by atoms with Gasteiger partial charge in [0.2, 0.25) is 0 Å². The molecule has 14 heavy (non-hydrogen) atoms. The summed E-state index contributed by atoms with van der Waals surface area (Å²) in [5.74, 6) is 0. The molecule has 1 unspecified atom stereocenters. The first kappa shape index (κ1) is 12.0. The molecular weight excluding hydrogens is 172 g/mol. The summed E-state index contributed by atoms with van der Waals surface area (Å²) in [5, 5.41) is 0. The lowest BCUT2D eigenvalue weighted by molar-refractivity contribution is 0.200. The molecule has 0 aromatic rings. The molecule has 2 heteroatoms. The monoisotopic (exact) mass is 198 g/mol. The van der Waals surface area contributed by atoms with Crippen LogP contribution in [-0.4, -0.2) is 30.6 Å². The predicted molar refractivity (Wildman–Crippen MR) is 62.3 cm³/mol. The molecule has 0 spiro atoms. The molecular formula is C12H26N2. The molecule has 1 saturated heterocycles. The van der Waals surface area contributed by atoms with Gasteiger partial charge < -0.3 is 10.6 Å². The van der Waals surface area contributed by atoms with Crippen molar-refractivity contribution in [3.63, 3.8) is 0 Å². The Kier molecular flexibility index (Phi) is 4.39. The zero-order valence-electron chi connectivity index (χ0n) is 10.1. The van der Waals surface area contributed by atoms with Crippen molar-refractivity contribution in [1.82, 2.24) is 4.90 Å². The molecule has 2 N–H and O–H groups in total. The second kappa shape index (κ2) is 5.13. The Balaban J connectivity index is 2.19. The molecule has 0 amide bonds. The van der Waals surface area contributed by atoms with Crippen LogP contribution in [0.15, 0.2) is 0 Å². The maximum Gasteiger partial charge on any atom is 0.00998 e. The van der Waals surface area contributed by atoms with Crippen molar-refractivity contribution in [2.45, 2.75) is 52.5 Å². The molecule has 0 bridgehead atoms. The quantitative estimate of drug-likeness (QED) is 0.753. The van der Waals surface area contributed by atoms with E-state index in [9.17, 15) is 0 Å². The lowest BCUT2D eigenvalue weighted by Gasteiger charge is -2.31. The van der Waals surface area contributed by atoms with Gasteiger partial charge in [0.05, 0.1) is 0 Å². The first-order valence-electron chi connectivity index (χ1n) is 5.98. The normalized spacial score (nSPS) is 22.3. The fourth-order valence-electron chi connectivity index (χ4n) is 1.94. The van der Waals surface area contributed by atoms with Crippen molar-refractivity contribution in [1.29, 1.82) is 0 Å². The minimum atomic E-state index is 0.260. The molecule has 1 fully saturated rings. The van der Waals surface area contributed by atoms with Crippen LogP contribution in [0.25, 0.3) is 0 Å². The molecule has 84 valence electrons. The van der Waals surface area contributed by atoms with Gasteiger partial charge in [0.1, 0.15) is 0 Å². The number of piperidine rings is 1. The van der Waals surface area contributed by atoms with E-state index in [1.165, 1.54) is 38.9 Å². The van der Waals surface area contributed by atoms with Crippen LogP contribution in [0.1, 0.15) is 46.5 Å². The first-order chi connectivity index (χ1) is 6.50. The van der Waals surface area contributed by atoms with Gasteiger partial charge in [-0.3, -0.25) is 0 Å². The van der Waals surface area contributed by atoms with E-state index in [-0.39, 0.29) is 5.41 Å². The summed E-state index contributed by atoms with van der Waals surface area (Å²) in [6.45, 7) is 10.5. The summed E-state index contributed by atoms with van der Waals surface area (Å²) < 4.78 is 0. The molecule has 1 rings (SSSR count). The minimum Gasteiger partial charge on any atom is -0.327 e. The van der Waals surface area contributed by atoms with Crippen LogP contribution in [-0.2, 0) is 0 Å². The predicted octanol–water partition coefficient (Wildman–Crippen LogP) is 2.24. The fourth-order valence-corrected chi connectivity index (χ4v) is 1.94. The van der Waals surface area contributed by atoms with Gasteiger partial charge in [0.25, 0.3) is 0 Å². The third-order valence-corrected chi connectivity index (χ3v) is 3.32. The van der Waals surface area contributed by atoms with Gasteiger partial charge >= 0.3 is 0 Å². The van der Waals surface area contributed by atoms with Crippen LogP contribution >= 0.6 is 0 Å². The Bertz CT molecular complexity index is 154. The van der Waals surface area contributed by atoms with Gasteiger partial charge in [-0.25, -0.2) is 0 Å².